The number of carbonyl (C=O) groups excluding carboxylic acids is 2. The van der Waals surface area contributed by atoms with E-state index in [1.54, 1.807) is 29.2 Å². The number of pyridine rings is 1. The van der Waals surface area contributed by atoms with Crippen molar-refractivity contribution in [2.45, 2.75) is 26.8 Å². The van der Waals surface area contributed by atoms with E-state index in [0.29, 0.717) is 13.1 Å². The molecule has 0 fully saturated rings. The predicted octanol–water partition coefficient (Wildman–Crippen LogP) is 2.44. The van der Waals surface area contributed by atoms with Gasteiger partial charge >= 0.3 is 0 Å². The molecule has 2 rings (SSSR count). The van der Waals surface area contributed by atoms with Crippen LogP contribution in [0.4, 0.5) is 0 Å². The number of rotatable bonds is 7. The Morgan fingerprint density at radius 1 is 1.08 bits per heavy atom. The second kappa shape index (κ2) is 8.97. The van der Waals surface area contributed by atoms with E-state index in [-0.39, 0.29) is 18.4 Å². The van der Waals surface area contributed by atoms with E-state index in [0.717, 1.165) is 23.1 Å². The van der Waals surface area contributed by atoms with Gasteiger partial charge in [-0.3, -0.25) is 14.6 Å². The molecule has 0 aliphatic rings. The molecule has 0 atom stereocenters. The van der Waals surface area contributed by atoms with Gasteiger partial charge in [0.05, 0.1) is 0 Å². The molecule has 25 heavy (non-hydrogen) atoms. The number of aromatic nitrogens is 1. The Morgan fingerprint density at radius 2 is 1.76 bits per heavy atom. The van der Waals surface area contributed by atoms with Crippen molar-refractivity contribution in [2.24, 2.45) is 0 Å². The average molecular weight is 339 g/mol. The molecule has 1 aromatic carbocycles. The molecule has 0 aliphatic heterocycles. The Kier molecular flexibility index (Phi) is 6.69. The largest absolute Gasteiger partial charge is 0.344 e. The van der Waals surface area contributed by atoms with Crippen molar-refractivity contribution in [1.29, 1.82) is 0 Å². The van der Waals surface area contributed by atoms with E-state index >= 15 is 0 Å². The van der Waals surface area contributed by atoms with Crippen LogP contribution in [0.2, 0.25) is 0 Å². The number of nitrogens with zero attached hydrogens (tertiary/aromatic N) is 3. The number of likely N-dealkylation sites (N-methyl/N-ethyl adjacent to an activating group) is 1. The molecule has 5 nitrogen and oxygen atoms in total. The van der Waals surface area contributed by atoms with Crippen LogP contribution in [0.15, 0.2) is 48.8 Å². The number of aryl methyl sites for hydroxylation is 1. The molecule has 0 bridgehead atoms. The van der Waals surface area contributed by atoms with Gasteiger partial charge in [0.15, 0.2) is 0 Å². The fourth-order valence-electron chi connectivity index (χ4n) is 2.53. The molecule has 0 spiro atoms. The minimum absolute atomic E-state index is 0.0576. The molecule has 0 unspecified atom stereocenters. The smallest absolute Gasteiger partial charge is 0.241 e. The standard InChI is InChI=1S/C20H25N3O2/c1-16-6-4-5-7-19(16)14-23(17(2)24)15-20(25)22(3)13-10-18-8-11-21-12-9-18/h4-9,11-12H,10,13-15H2,1-3H3. The molecule has 2 amide bonds. The second-order valence-electron chi connectivity index (χ2n) is 6.22. The first-order chi connectivity index (χ1) is 12.0. The molecule has 1 heterocycles. The molecule has 0 saturated carbocycles. The van der Waals surface area contributed by atoms with Crippen LogP contribution in [-0.2, 0) is 22.6 Å². The molecule has 5 heteroatoms. The first-order valence-corrected chi connectivity index (χ1v) is 8.40. The van der Waals surface area contributed by atoms with Gasteiger partial charge < -0.3 is 9.80 Å². The van der Waals surface area contributed by atoms with Gasteiger partial charge in [-0.2, -0.15) is 0 Å². The summed E-state index contributed by atoms with van der Waals surface area (Å²) in [5, 5.41) is 0. The lowest BCUT2D eigenvalue weighted by atomic mass is 10.1. The Labute approximate surface area is 149 Å². The second-order valence-corrected chi connectivity index (χ2v) is 6.22. The van der Waals surface area contributed by atoms with E-state index in [1.807, 2.05) is 43.3 Å². The van der Waals surface area contributed by atoms with Gasteiger partial charge in [0.2, 0.25) is 11.8 Å². The van der Waals surface area contributed by atoms with Crippen molar-refractivity contribution in [3.05, 3.63) is 65.5 Å². The Bertz CT molecular complexity index is 716. The minimum atomic E-state index is -0.0980. The number of amides is 2. The molecule has 0 radical (unpaired) electrons. The highest BCUT2D eigenvalue weighted by atomic mass is 16.2. The summed E-state index contributed by atoms with van der Waals surface area (Å²) in [4.78, 5) is 31.7. The van der Waals surface area contributed by atoms with Crippen molar-refractivity contribution in [3.8, 4) is 0 Å². The number of carbonyl (C=O) groups is 2. The van der Waals surface area contributed by atoms with Crippen LogP contribution in [0.1, 0.15) is 23.6 Å². The first kappa shape index (κ1) is 18.6. The third-order valence-corrected chi connectivity index (χ3v) is 4.30. The highest BCUT2D eigenvalue weighted by Gasteiger charge is 2.17. The van der Waals surface area contributed by atoms with Crippen LogP contribution in [0.3, 0.4) is 0 Å². The van der Waals surface area contributed by atoms with Gasteiger partial charge in [-0.15, -0.1) is 0 Å². The number of hydrogen-bond donors (Lipinski definition) is 0. The summed E-state index contributed by atoms with van der Waals surface area (Å²) in [5.74, 6) is -0.156. The van der Waals surface area contributed by atoms with Crippen LogP contribution < -0.4 is 0 Å². The zero-order valence-electron chi connectivity index (χ0n) is 15.1. The SMILES string of the molecule is CC(=O)N(CC(=O)N(C)CCc1ccncc1)Cc1ccccc1C. The van der Waals surface area contributed by atoms with Crippen LogP contribution >= 0.6 is 0 Å². The average Bonchev–Trinajstić information content (AvgIpc) is 2.61. The summed E-state index contributed by atoms with van der Waals surface area (Å²) in [6.07, 6.45) is 4.26. The van der Waals surface area contributed by atoms with Crippen molar-refractivity contribution < 1.29 is 9.59 Å². The maximum Gasteiger partial charge on any atom is 0.241 e. The number of benzene rings is 1. The highest BCUT2D eigenvalue weighted by molar-refractivity contribution is 5.83. The highest BCUT2D eigenvalue weighted by Crippen LogP contribution is 2.11. The lowest BCUT2D eigenvalue weighted by molar-refractivity contribution is -0.139. The maximum absolute atomic E-state index is 12.5. The topological polar surface area (TPSA) is 53.5 Å². The summed E-state index contributed by atoms with van der Waals surface area (Å²) >= 11 is 0. The summed E-state index contributed by atoms with van der Waals surface area (Å²) in [6, 6.07) is 11.8. The summed E-state index contributed by atoms with van der Waals surface area (Å²) < 4.78 is 0. The van der Waals surface area contributed by atoms with Crippen molar-refractivity contribution >= 4 is 11.8 Å². The van der Waals surface area contributed by atoms with Crippen LogP contribution in [0.25, 0.3) is 0 Å². The third-order valence-electron chi connectivity index (χ3n) is 4.30. The van der Waals surface area contributed by atoms with E-state index < -0.39 is 0 Å². The van der Waals surface area contributed by atoms with Crippen molar-refractivity contribution in [1.82, 2.24) is 14.8 Å². The minimum Gasteiger partial charge on any atom is -0.344 e. The quantitative estimate of drug-likeness (QED) is 0.778. The molecule has 132 valence electrons. The van der Waals surface area contributed by atoms with E-state index in [9.17, 15) is 9.59 Å². The zero-order chi connectivity index (χ0) is 18.2. The lowest BCUT2D eigenvalue weighted by Crippen LogP contribution is -2.41. The first-order valence-electron chi connectivity index (χ1n) is 8.40. The Morgan fingerprint density at radius 3 is 2.40 bits per heavy atom. The van der Waals surface area contributed by atoms with E-state index in [1.165, 1.54) is 6.92 Å². The monoisotopic (exact) mass is 339 g/mol. The van der Waals surface area contributed by atoms with Crippen LogP contribution in [0.5, 0.6) is 0 Å². The predicted molar refractivity (Wildman–Crippen MR) is 97.8 cm³/mol. The zero-order valence-corrected chi connectivity index (χ0v) is 15.1. The summed E-state index contributed by atoms with van der Waals surface area (Å²) in [7, 11) is 1.77. The fourth-order valence-corrected chi connectivity index (χ4v) is 2.53. The van der Waals surface area contributed by atoms with E-state index in [2.05, 4.69) is 4.98 Å². The molecule has 1 aromatic heterocycles. The normalized spacial score (nSPS) is 10.4. The number of hydrogen-bond acceptors (Lipinski definition) is 3. The summed E-state index contributed by atoms with van der Waals surface area (Å²) in [6.45, 7) is 4.67. The van der Waals surface area contributed by atoms with Crippen LogP contribution in [0, 0.1) is 6.92 Å². The van der Waals surface area contributed by atoms with Gasteiger partial charge in [-0.1, -0.05) is 24.3 Å². The van der Waals surface area contributed by atoms with Crippen LogP contribution in [-0.4, -0.2) is 46.7 Å². The fraction of sp³-hybridized carbons (Fsp3) is 0.350. The molecule has 0 saturated heterocycles. The van der Waals surface area contributed by atoms with Gasteiger partial charge in [0.1, 0.15) is 6.54 Å². The van der Waals surface area contributed by atoms with Gasteiger partial charge in [-0.25, -0.2) is 0 Å². The lowest BCUT2D eigenvalue weighted by Gasteiger charge is -2.25. The van der Waals surface area contributed by atoms with Gasteiger partial charge in [0, 0.05) is 39.5 Å². The van der Waals surface area contributed by atoms with Gasteiger partial charge in [0.25, 0.3) is 0 Å². The Hall–Kier alpha value is -2.69. The molecular formula is C20H25N3O2. The van der Waals surface area contributed by atoms with Gasteiger partial charge in [-0.05, 0) is 42.2 Å². The molecular weight excluding hydrogens is 314 g/mol. The molecule has 0 aliphatic carbocycles. The van der Waals surface area contributed by atoms with E-state index in [4.69, 9.17) is 0 Å². The van der Waals surface area contributed by atoms with Crippen molar-refractivity contribution in [2.75, 3.05) is 20.1 Å². The third kappa shape index (κ3) is 5.71. The van der Waals surface area contributed by atoms with Crippen molar-refractivity contribution in [3.63, 3.8) is 0 Å². The summed E-state index contributed by atoms with van der Waals surface area (Å²) in [5.41, 5.74) is 3.31. The molecule has 2 aromatic rings. The Balaban J connectivity index is 1.93. The molecule has 0 N–H and O–H groups in total. The maximum atomic E-state index is 12.5.